The normalized spacial score (nSPS) is 10.4. The molecule has 0 spiro atoms. The number of likely N-dealkylation sites (N-methyl/N-ethyl adjacent to an activating group) is 1. The highest BCUT2D eigenvalue weighted by Gasteiger charge is 2.16. The van der Waals surface area contributed by atoms with Crippen molar-refractivity contribution in [3.63, 3.8) is 0 Å². The molecule has 3 aromatic rings. The average Bonchev–Trinajstić information content (AvgIpc) is 2.74. The van der Waals surface area contributed by atoms with Crippen LogP contribution in [0.4, 0.5) is 4.39 Å². The maximum absolute atomic E-state index is 12.9. The van der Waals surface area contributed by atoms with Crippen molar-refractivity contribution in [2.75, 3.05) is 20.2 Å². The van der Waals surface area contributed by atoms with Crippen molar-refractivity contribution < 1.29 is 18.7 Å². The number of amides is 1. The predicted molar refractivity (Wildman–Crippen MR) is 106 cm³/mol. The SMILES string of the molecule is CN(CCOc1ccc(F)cc1)C(=O)c1ccccc1COc1ccccc1. The molecular weight excluding hydrogens is 357 g/mol. The van der Waals surface area contributed by atoms with E-state index in [0.29, 0.717) is 31.1 Å². The summed E-state index contributed by atoms with van der Waals surface area (Å²) in [7, 11) is 1.73. The average molecular weight is 379 g/mol. The minimum atomic E-state index is -0.311. The monoisotopic (exact) mass is 379 g/mol. The van der Waals surface area contributed by atoms with Gasteiger partial charge in [-0.25, -0.2) is 4.39 Å². The Balaban J connectivity index is 1.57. The van der Waals surface area contributed by atoms with Gasteiger partial charge >= 0.3 is 0 Å². The first-order valence-electron chi connectivity index (χ1n) is 9.03. The largest absolute Gasteiger partial charge is 0.492 e. The number of hydrogen-bond acceptors (Lipinski definition) is 3. The number of nitrogens with zero attached hydrogens (tertiary/aromatic N) is 1. The van der Waals surface area contributed by atoms with Crippen LogP contribution in [0, 0.1) is 5.82 Å². The predicted octanol–water partition coefficient (Wildman–Crippen LogP) is 4.56. The second-order valence-electron chi connectivity index (χ2n) is 6.29. The summed E-state index contributed by atoms with van der Waals surface area (Å²) >= 11 is 0. The van der Waals surface area contributed by atoms with E-state index in [0.717, 1.165) is 11.3 Å². The van der Waals surface area contributed by atoms with Crippen LogP contribution in [0.5, 0.6) is 11.5 Å². The van der Waals surface area contributed by atoms with Gasteiger partial charge in [0.2, 0.25) is 0 Å². The Morgan fingerprint density at radius 3 is 2.25 bits per heavy atom. The highest BCUT2D eigenvalue weighted by Crippen LogP contribution is 2.16. The van der Waals surface area contributed by atoms with Crippen LogP contribution in [-0.4, -0.2) is 31.0 Å². The third-order valence-corrected chi connectivity index (χ3v) is 4.24. The quantitative estimate of drug-likeness (QED) is 0.576. The van der Waals surface area contributed by atoms with E-state index in [1.807, 2.05) is 48.5 Å². The molecule has 0 aliphatic rings. The van der Waals surface area contributed by atoms with Gasteiger partial charge in [-0.2, -0.15) is 0 Å². The zero-order valence-electron chi connectivity index (χ0n) is 15.7. The molecule has 0 aliphatic heterocycles. The zero-order valence-corrected chi connectivity index (χ0v) is 15.7. The smallest absolute Gasteiger partial charge is 0.254 e. The molecule has 0 fully saturated rings. The molecule has 3 aromatic carbocycles. The molecule has 0 saturated carbocycles. The van der Waals surface area contributed by atoms with E-state index in [-0.39, 0.29) is 11.7 Å². The number of carbonyl (C=O) groups is 1. The summed E-state index contributed by atoms with van der Waals surface area (Å²) in [6.07, 6.45) is 0. The second kappa shape index (κ2) is 9.55. The number of benzene rings is 3. The fraction of sp³-hybridized carbons (Fsp3) is 0.174. The maximum Gasteiger partial charge on any atom is 0.254 e. The molecule has 3 rings (SSSR count). The Bertz CT molecular complexity index is 897. The minimum Gasteiger partial charge on any atom is -0.492 e. The van der Waals surface area contributed by atoms with Gasteiger partial charge in [0.1, 0.15) is 30.5 Å². The molecule has 0 aliphatic carbocycles. The van der Waals surface area contributed by atoms with E-state index in [9.17, 15) is 9.18 Å². The summed E-state index contributed by atoms with van der Waals surface area (Å²) < 4.78 is 24.3. The van der Waals surface area contributed by atoms with Gasteiger partial charge in [0, 0.05) is 18.2 Å². The summed E-state index contributed by atoms with van der Waals surface area (Å²) in [5.41, 5.74) is 1.42. The van der Waals surface area contributed by atoms with Gasteiger partial charge in [0.05, 0.1) is 6.54 Å². The van der Waals surface area contributed by atoms with Crippen molar-refractivity contribution in [2.24, 2.45) is 0 Å². The lowest BCUT2D eigenvalue weighted by molar-refractivity contribution is 0.0771. The molecule has 5 heteroatoms. The summed E-state index contributed by atoms with van der Waals surface area (Å²) in [5, 5.41) is 0. The number of halogens is 1. The Morgan fingerprint density at radius 2 is 1.50 bits per heavy atom. The Labute approximate surface area is 164 Å². The number of ether oxygens (including phenoxy) is 2. The van der Waals surface area contributed by atoms with Crippen molar-refractivity contribution in [2.45, 2.75) is 6.61 Å². The van der Waals surface area contributed by atoms with Crippen LogP contribution in [-0.2, 0) is 6.61 Å². The Hall–Kier alpha value is -3.34. The van der Waals surface area contributed by atoms with Gasteiger partial charge in [0.25, 0.3) is 5.91 Å². The highest BCUT2D eigenvalue weighted by molar-refractivity contribution is 5.95. The third-order valence-electron chi connectivity index (χ3n) is 4.24. The Kier molecular flexibility index (Phi) is 6.63. The van der Waals surface area contributed by atoms with Crippen molar-refractivity contribution in [3.8, 4) is 11.5 Å². The summed E-state index contributed by atoms with van der Waals surface area (Å²) in [6.45, 7) is 1.03. The molecule has 0 bridgehead atoms. The molecule has 4 nitrogen and oxygen atoms in total. The zero-order chi connectivity index (χ0) is 19.8. The van der Waals surface area contributed by atoms with Gasteiger partial charge < -0.3 is 14.4 Å². The fourth-order valence-electron chi connectivity index (χ4n) is 2.67. The molecule has 144 valence electrons. The lowest BCUT2D eigenvalue weighted by Gasteiger charge is -2.19. The molecule has 0 aromatic heterocycles. The first kappa shape index (κ1) is 19.4. The van der Waals surface area contributed by atoms with Gasteiger partial charge in [-0.3, -0.25) is 4.79 Å². The summed E-state index contributed by atoms with van der Waals surface area (Å²) in [4.78, 5) is 14.4. The van der Waals surface area contributed by atoms with Crippen LogP contribution in [0.15, 0.2) is 78.9 Å². The molecule has 28 heavy (non-hydrogen) atoms. The van der Waals surface area contributed by atoms with Crippen LogP contribution >= 0.6 is 0 Å². The summed E-state index contributed by atoms with van der Waals surface area (Å²) in [6, 6.07) is 22.7. The lowest BCUT2D eigenvalue weighted by atomic mass is 10.1. The molecule has 0 unspecified atom stereocenters. The summed E-state index contributed by atoms with van der Waals surface area (Å²) in [5.74, 6) is 0.911. The first-order chi connectivity index (χ1) is 13.6. The lowest BCUT2D eigenvalue weighted by Crippen LogP contribution is -2.31. The molecule has 1 amide bonds. The van der Waals surface area contributed by atoms with E-state index in [1.54, 1.807) is 30.1 Å². The van der Waals surface area contributed by atoms with Gasteiger partial charge in [-0.1, -0.05) is 36.4 Å². The maximum atomic E-state index is 12.9. The van der Waals surface area contributed by atoms with Gasteiger partial charge in [-0.05, 0) is 42.5 Å². The van der Waals surface area contributed by atoms with Crippen molar-refractivity contribution in [1.29, 1.82) is 0 Å². The van der Waals surface area contributed by atoms with E-state index < -0.39 is 0 Å². The second-order valence-corrected chi connectivity index (χ2v) is 6.29. The van der Waals surface area contributed by atoms with E-state index in [4.69, 9.17) is 9.47 Å². The van der Waals surface area contributed by atoms with Crippen LogP contribution in [0.3, 0.4) is 0 Å². The molecule has 0 heterocycles. The third kappa shape index (κ3) is 5.33. The van der Waals surface area contributed by atoms with Crippen LogP contribution in [0.25, 0.3) is 0 Å². The van der Waals surface area contributed by atoms with Crippen molar-refractivity contribution in [1.82, 2.24) is 4.90 Å². The first-order valence-corrected chi connectivity index (χ1v) is 9.03. The molecule has 0 atom stereocenters. The fourth-order valence-corrected chi connectivity index (χ4v) is 2.67. The van der Waals surface area contributed by atoms with Crippen molar-refractivity contribution >= 4 is 5.91 Å². The van der Waals surface area contributed by atoms with E-state index in [2.05, 4.69) is 0 Å². The molecule has 0 radical (unpaired) electrons. The highest BCUT2D eigenvalue weighted by atomic mass is 19.1. The number of para-hydroxylation sites is 1. The number of hydrogen-bond donors (Lipinski definition) is 0. The molecular formula is C23H22FNO3. The van der Waals surface area contributed by atoms with Crippen molar-refractivity contribution in [3.05, 3.63) is 95.8 Å². The number of rotatable bonds is 8. The standard InChI is InChI=1S/C23H22FNO3/c1-25(15-16-27-21-13-11-19(24)12-14-21)23(26)22-10-6-5-7-18(22)17-28-20-8-3-2-4-9-20/h2-14H,15-17H2,1H3. The molecule has 0 saturated heterocycles. The van der Waals surface area contributed by atoms with Crippen LogP contribution in [0.1, 0.15) is 15.9 Å². The topological polar surface area (TPSA) is 38.8 Å². The minimum absolute atomic E-state index is 0.102. The van der Waals surface area contributed by atoms with E-state index in [1.165, 1.54) is 12.1 Å². The number of carbonyl (C=O) groups excluding carboxylic acids is 1. The molecule has 0 N–H and O–H groups in total. The van der Waals surface area contributed by atoms with Crippen LogP contribution in [0.2, 0.25) is 0 Å². The van der Waals surface area contributed by atoms with Gasteiger partial charge in [0.15, 0.2) is 0 Å². The Morgan fingerprint density at radius 1 is 0.857 bits per heavy atom. The van der Waals surface area contributed by atoms with Gasteiger partial charge in [-0.15, -0.1) is 0 Å². The van der Waals surface area contributed by atoms with E-state index >= 15 is 0 Å². The van der Waals surface area contributed by atoms with Crippen LogP contribution < -0.4 is 9.47 Å².